The molecule has 0 unspecified atom stereocenters. The van der Waals surface area contributed by atoms with E-state index in [2.05, 4.69) is 47.2 Å². The summed E-state index contributed by atoms with van der Waals surface area (Å²) in [6.45, 7) is 1.94. The van der Waals surface area contributed by atoms with Crippen LogP contribution in [-0.4, -0.2) is 19.1 Å². The van der Waals surface area contributed by atoms with Gasteiger partial charge in [0.2, 0.25) is 0 Å². The third-order valence-corrected chi connectivity index (χ3v) is 4.16. The molecule has 2 aromatic heterocycles. The smallest absolute Gasteiger partial charge is 0.178 e. The number of aromatic amines is 1. The van der Waals surface area contributed by atoms with Crippen LogP contribution in [-0.2, 0) is 13.1 Å². The molecule has 0 aliphatic rings. The highest BCUT2D eigenvalue weighted by Crippen LogP contribution is 2.20. The molecule has 6 heteroatoms. The van der Waals surface area contributed by atoms with E-state index in [0.29, 0.717) is 0 Å². The molecule has 0 fully saturated rings. The first-order chi connectivity index (χ1) is 9.74. The Morgan fingerprint density at radius 1 is 1.25 bits per heavy atom. The van der Waals surface area contributed by atoms with E-state index in [1.807, 2.05) is 24.8 Å². The Kier molecular flexibility index (Phi) is 4.03. The maximum Gasteiger partial charge on any atom is 0.178 e. The Morgan fingerprint density at radius 3 is 2.90 bits per heavy atom. The number of rotatable bonds is 5. The molecule has 3 aromatic rings. The van der Waals surface area contributed by atoms with Crippen LogP contribution < -0.4 is 0 Å². The third-order valence-electron chi connectivity index (χ3n) is 3.34. The first-order valence-corrected chi connectivity index (χ1v) is 7.78. The molecule has 0 aliphatic carbocycles. The summed E-state index contributed by atoms with van der Waals surface area (Å²) in [4.78, 5) is 7.30. The van der Waals surface area contributed by atoms with E-state index in [1.165, 1.54) is 5.52 Å². The zero-order valence-corrected chi connectivity index (χ0v) is 13.3. The SMILES string of the molecule is S=c1[nH]c2cc(Br)ccc2n1CCCCn1ccnc1. The fourth-order valence-corrected chi connectivity index (χ4v) is 3.00. The van der Waals surface area contributed by atoms with Crippen molar-refractivity contribution in [2.75, 3.05) is 0 Å². The van der Waals surface area contributed by atoms with Gasteiger partial charge in [0, 0.05) is 30.0 Å². The lowest BCUT2D eigenvalue weighted by atomic mass is 10.3. The summed E-state index contributed by atoms with van der Waals surface area (Å²) in [5.74, 6) is 0. The number of nitrogens with zero attached hydrogens (tertiary/aromatic N) is 3. The molecule has 104 valence electrons. The number of hydrogen-bond acceptors (Lipinski definition) is 2. The number of H-pyrrole nitrogens is 1. The normalized spacial score (nSPS) is 11.2. The molecule has 2 heterocycles. The van der Waals surface area contributed by atoms with Gasteiger partial charge in [-0.1, -0.05) is 15.9 Å². The summed E-state index contributed by atoms with van der Waals surface area (Å²) in [5.41, 5.74) is 2.25. The largest absolute Gasteiger partial charge is 0.337 e. The first kappa shape index (κ1) is 13.6. The van der Waals surface area contributed by atoms with Crippen molar-refractivity contribution < 1.29 is 0 Å². The average Bonchev–Trinajstić information content (AvgIpc) is 3.02. The average molecular weight is 351 g/mol. The Bertz CT molecular complexity index is 757. The highest BCUT2D eigenvalue weighted by atomic mass is 79.9. The molecule has 0 saturated heterocycles. The molecule has 0 aliphatic heterocycles. The number of aromatic nitrogens is 4. The number of unbranched alkanes of at least 4 members (excludes halogenated alkanes) is 1. The predicted octanol–water partition coefficient (Wildman–Crippen LogP) is 4.14. The van der Waals surface area contributed by atoms with Gasteiger partial charge < -0.3 is 14.1 Å². The maximum absolute atomic E-state index is 5.40. The van der Waals surface area contributed by atoms with E-state index in [-0.39, 0.29) is 0 Å². The standard InChI is InChI=1S/C14H15BrN4S/c15-11-3-4-13-12(9-11)17-14(20)19(13)7-2-1-6-18-8-5-16-10-18/h3-5,8-10H,1-2,6-7H2,(H,17,20). The van der Waals surface area contributed by atoms with Crippen LogP contribution >= 0.6 is 28.1 Å². The molecule has 0 spiro atoms. The van der Waals surface area contributed by atoms with E-state index in [9.17, 15) is 0 Å². The van der Waals surface area contributed by atoms with E-state index in [1.54, 1.807) is 0 Å². The van der Waals surface area contributed by atoms with Gasteiger partial charge in [0.05, 0.1) is 17.4 Å². The summed E-state index contributed by atoms with van der Waals surface area (Å²) in [5, 5.41) is 0. The van der Waals surface area contributed by atoms with Gasteiger partial charge in [0.25, 0.3) is 0 Å². The molecular weight excluding hydrogens is 336 g/mol. The van der Waals surface area contributed by atoms with Gasteiger partial charge in [-0.3, -0.25) is 0 Å². The zero-order chi connectivity index (χ0) is 13.9. The summed E-state index contributed by atoms with van der Waals surface area (Å²) in [7, 11) is 0. The van der Waals surface area contributed by atoms with E-state index < -0.39 is 0 Å². The van der Waals surface area contributed by atoms with E-state index in [0.717, 1.165) is 40.7 Å². The van der Waals surface area contributed by atoms with Crippen molar-refractivity contribution in [1.29, 1.82) is 0 Å². The Labute approximate surface area is 130 Å². The lowest BCUT2D eigenvalue weighted by Gasteiger charge is -2.05. The van der Waals surface area contributed by atoms with Gasteiger partial charge in [-0.05, 0) is 43.3 Å². The zero-order valence-electron chi connectivity index (χ0n) is 10.9. The minimum absolute atomic E-state index is 0.792. The van der Waals surface area contributed by atoms with E-state index >= 15 is 0 Å². The van der Waals surface area contributed by atoms with Gasteiger partial charge >= 0.3 is 0 Å². The molecule has 0 bridgehead atoms. The second-order valence-corrected chi connectivity index (χ2v) is 6.05. The highest BCUT2D eigenvalue weighted by molar-refractivity contribution is 9.10. The second kappa shape index (κ2) is 5.93. The molecule has 4 nitrogen and oxygen atoms in total. The van der Waals surface area contributed by atoms with Gasteiger partial charge in [-0.2, -0.15) is 0 Å². The molecule has 20 heavy (non-hydrogen) atoms. The minimum Gasteiger partial charge on any atom is -0.337 e. The van der Waals surface area contributed by atoms with Crippen molar-refractivity contribution in [3.05, 3.63) is 46.2 Å². The van der Waals surface area contributed by atoms with Crippen molar-refractivity contribution in [2.24, 2.45) is 0 Å². The predicted molar refractivity (Wildman–Crippen MR) is 86.3 cm³/mol. The topological polar surface area (TPSA) is 38.5 Å². The van der Waals surface area contributed by atoms with Crippen LogP contribution in [0.5, 0.6) is 0 Å². The van der Waals surface area contributed by atoms with Gasteiger partial charge in [-0.15, -0.1) is 0 Å². The van der Waals surface area contributed by atoms with Crippen molar-refractivity contribution in [3.8, 4) is 0 Å². The second-order valence-electron chi connectivity index (χ2n) is 4.75. The van der Waals surface area contributed by atoms with Crippen LogP contribution in [0.1, 0.15) is 12.8 Å². The van der Waals surface area contributed by atoms with Crippen molar-refractivity contribution in [1.82, 2.24) is 19.1 Å². The van der Waals surface area contributed by atoms with Crippen LogP contribution in [0.3, 0.4) is 0 Å². The lowest BCUT2D eigenvalue weighted by molar-refractivity contribution is 0.556. The number of fused-ring (bicyclic) bond motifs is 1. The number of nitrogens with one attached hydrogen (secondary N) is 1. The Balaban J connectivity index is 1.68. The minimum atomic E-state index is 0.792. The summed E-state index contributed by atoms with van der Waals surface area (Å²) >= 11 is 8.88. The number of imidazole rings is 2. The van der Waals surface area contributed by atoms with Crippen LogP contribution in [0.15, 0.2) is 41.4 Å². The fourth-order valence-electron chi connectivity index (χ4n) is 2.34. The molecule has 0 amide bonds. The molecule has 1 N–H and O–H groups in total. The van der Waals surface area contributed by atoms with Crippen LogP contribution in [0.2, 0.25) is 0 Å². The quantitative estimate of drug-likeness (QED) is 0.554. The third kappa shape index (κ3) is 2.86. The molecule has 0 saturated carbocycles. The van der Waals surface area contributed by atoms with Crippen LogP contribution in [0.4, 0.5) is 0 Å². The highest BCUT2D eigenvalue weighted by Gasteiger charge is 2.04. The first-order valence-electron chi connectivity index (χ1n) is 6.58. The number of aryl methyl sites for hydroxylation is 2. The van der Waals surface area contributed by atoms with Crippen molar-refractivity contribution >= 4 is 39.2 Å². The maximum atomic E-state index is 5.40. The number of halogens is 1. The summed E-state index contributed by atoms with van der Waals surface area (Å²) in [6.07, 6.45) is 7.87. The van der Waals surface area contributed by atoms with Gasteiger partial charge in [0.15, 0.2) is 4.77 Å². The van der Waals surface area contributed by atoms with Crippen LogP contribution in [0.25, 0.3) is 11.0 Å². The number of benzene rings is 1. The van der Waals surface area contributed by atoms with E-state index in [4.69, 9.17) is 12.2 Å². The van der Waals surface area contributed by atoms with Gasteiger partial charge in [-0.25, -0.2) is 4.98 Å². The monoisotopic (exact) mass is 350 g/mol. The molecule has 0 atom stereocenters. The molecular formula is C14H15BrN4S. The van der Waals surface area contributed by atoms with Gasteiger partial charge in [0.1, 0.15) is 0 Å². The summed E-state index contributed by atoms with van der Waals surface area (Å²) in [6, 6.07) is 6.21. The summed E-state index contributed by atoms with van der Waals surface area (Å²) < 4.78 is 6.13. The molecule has 1 aromatic carbocycles. The van der Waals surface area contributed by atoms with Crippen molar-refractivity contribution in [2.45, 2.75) is 25.9 Å². The Morgan fingerprint density at radius 2 is 2.10 bits per heavy atom. The lowest BCUT2D eigenvalue weighted by Crippen LogP contribution is -2.01. The van der Waals surface area contributed by atoms with Crippen LogP contribution in [0, 0.1) is 4.77 Å². The molecule has 0 radical (unpaired) electrons. The van der Waals surface area contributed by atoms with Crippen molar-refractivity contribution in [3.63, 3.8) is 0 Å². The molecule has 3 rings (SSSR count). The Hall–Kier alpha value is -1.40. The number of hydrogen-bond donors (Lipinski definition) is 1. The fraction of sp³-hybridized carbons (Fsp3) is 0.286.